The minimum Gasteiger partial charge on any atom is -0.493 e. The zero-order valence-electron chi connectivity index (χ0n) is 12.9. The molecule has 2 aromatic carbocycles. The highest BCUT2D eigenvalue weighted by atomic mass is 19.1. The molecule has 4 rings (SSSR count). The quantitative estimate of drug-likeness (QED) is 0.836. The summed E-state index contributed by atoms with van der Waals surface area (Å²) in [4.78, 5) is 13.1. The third kappa shape index (κ3) is 2.54. The maximum Gasteiger partial charge on any atom is 0.148 e. The highest BCUT2D eigenvalue weighted by Crippen LogP contribution is 2.42. The molecule has 0 spiro atoms. The van der Waals surface area contributed by atoms with Crippen LogP contribution in [0.3, 0.4) is 0 Å². The standard InChI is InChI=1S/C19H16F2O3/c20-11-1-3-13-15(5-7-23-17(13)9-11)19(22)16-6-8-24-18-10-12(21)2-4-14(16)18/h1-4,9-10,15-16H,5-8H2. The van der Waals surface area contributed by atoms with Gasteiger partial charge in [-0.1, -0.05) is 12.1 Å². The van der Waals surface area contributed by atoms with E-state index in [1.165, 1.54) is 24.3 Å². The molecule has 2 unspecified atom stereocenters. The lowest BCUT2D eigenvalue weighted by Gasteiger charge is -2.31. The number of ether oxygens (including phenoxy) is 2. The fourth-order valence-electron chi connectivity index (χ4n) is 3.56. The normalized spacial score (nSPS) is 21.9. The fourth-order valence-corrected chi connectivity index (χ4v) is 3.56. The van der Waals surface area contributed by atoms with E-state index in [0.717, 1.165) is 11.1 Å². The van der Waals surface area contributed by atoms with Gasteiger partial charge in [-0.2, -0.15) is 0 Å². The zero-order chi connectivity index (χ0) is 16.7. The van der Waals surface area contributed by atoms with Gasteiger partial charge in [0, 0.05) is 23.3 Å². The van der Waals surface area contributed by atoms with Crippen LogP contribution in [-0.4, -0.2) is 19.0 Å². The van der Waals surface area contributed by atoms with Crippen LogP contribution in [0, 0.1) is 11.6 Å². The van der Waals surface area contributed by atoms with Crippen LogP contribution in [0.15, 0.2) is 36.4 Å². The molecule has 0 N–H and O–H groups in total. The second kappa shape index (κ2) is 5.89. The Bertz CT molecular complexity index is 738. The summed E-state index contributed by atoms with van der Waals surface area (Å²) in [6.07, 6.45) is 1.12. The van der Waals surface area contributed by atoms with Crippen LogP contribution in [-0.2, 0) is 4.79 Å². The van der Waals surface area contributed by atoms with Crippen LogP contribution in [0.25, 0.3) is 0 Å². The Labute approximate surface area is 138 Å². The lowest BCUT2D eigenvalue weighted by molar-refractivity contribution is -0.123. The lowest BCUT2D eigenvalue weighted by atomic mass is 9.79. The van der Waals surface area contributed by atoms with Gasteiger partial charge in [-0.15, -0.1) is 0 Å². The molecule has 0 saturated carbocycles. The molecule has 0 saturated heterocycles. The number of halogens is 2. The van der Waals surface area contributed by atoms with Gasteiger partial charge in [0.2, 0.25) is 0 Å². The van der Waals surface area contributed by atoms with Gasteiger partial charge >= 0.3 is 0 Å². The van der Waals surface area contributed by atoms with Crippen molar-refractivity contribution in [2.24, 2.45) is 0 Å². The predicted octanol–water partition coefficient (Wildman–Crippen LogP) is 3.97. The van der Waals surface area contributed by atoms with Crippen molar-refractivity contribution in [3.63, 3.8) is 0 Å². The van der Waals surface area contributed by atoms with Crippen LogP contribution < -0.4 is 9.47 Å². The third-order valence-electron chi connectivity index (χ3n) is 4.72. The van der Waals surface area contributed by atoms with Crippen molar-refractivity contribution < 1.29 is 23.0 Å². The molecule has 0 aromatic heterocycles. The number of carbonyl (C=O) groups excluding carboxylic acids is 1. The van der Waals surface area contributed by atoms with Crippen molar-refractivity contribution in [3.05, 3.63) is 59.2 Å². The number of ketones is 1. The molecule has 2 aliphatic heterocycles. The van der Waals surface area contributed by atoms with Gasteiger partial charge in [0.25, 0.3) is 0 Å². The van der Waals surface area contributed by atoms with Crippen molar-refractivity contribution in [2.45, 2.75) is 24.7 Å². The van der Waals surface area contributed by atoms with Gasteiger partial charge in [0.15, 0.2) is 0 Å². The Kier molecular flexibility index (Phi) is 3.71. The largest absolute Gasteiger partial charge is 0.493 e. The Hall–Kier alpha value is -2.43. The van der Waals surface area contributed by atoms with E-state index in [2.05, 4.69) is 0 Å². The van der Waals surface area contributed by atoms with Crippen LogP contribution in [0.1, 0.15) is 35.8 Å². The minimum atomic E-state index is -0.381. The van der Waals surface area contributed by atoms with Crippen molar-refractivity contribution in [2.75, 3.05) is 13.2 Å². The highest BCUT2D eigenvalue weighted by Gasteiger charge is 2.36. The molecular weight excluding hydrogens is 314 g/mol. The van der Waals surface area contributed by atoms with E-state index >= 15 is 0 Å². The summed E-state index contributed by atoms with van der Waals surface area (Å²) >= 11 is 0. The summed E-state index contributed by atoms with van der Waals surface area (Å²) in [6.45, 7) is 0.763. The van der Waals surface area contributed by atoms with Gasteiger partial charge < -0.3 is 9.47 Å². The van der Waals surface area contributed by atoms with Crippen LogP contribution in [0.2, 0.25) is 0 Å². The molecule has 3 nitrogen and oxygen atoms in total. The summed E-state index contributed by atoms with van der Waals surface area (Å²) in [5.41, 5.74) is 1.45. The van der Waals surface area contributed by atoms with Gasteiger partial charge in [0.1, 0.15) is 28.9 Å². The third-order valence-corrected chi connectivity index (χ3v) is 4.72. The van der Waals surface area contributed by atoms with Crippen molar-refractivity contribution >= 4 is 5.78 Å². The number of Topliss-reactive ketones (excluding diaryl/α,β-unsaturated/α-hetero) is 1. The van der Waals surface area contributed by atoms with Crippen molar-refractivity contribution in [3.8, 4) is 11.5 Å². The Morgan fingerprint density at radius 3 is 1.75 bits per heavy atom. The second-order valence-electron chi connectivity index (χ2n) is 6.15. The second-order valence-corrected chi connectivity index (χ2v) is 6.15. The number of fused-ring (bicyclic) bond motifs is 2. The van der Waals surface area contributed by atoms with Crippen LogP contribution >= 0.6 is 0 Å². The summed E-state index contributed by atoms with van der Waals surface area (Å²) < 4.78 is 37.8. The van der Waals surface area contributed by atoms with E-state index in [4.69, 9.17) is 9.47 Å². The van der Waals surface area contributed by atoms with E-state index in [-0.39, 0.29) is 29.3 Å². The molecule has 5 heteroatoms. The molecule has 2 atom stereocenters. The number of hydrogen-bond donors (Lipinski definition) is 0. The van der Waals surface area contributed by atoms with Gasteiger partial charge in [0.05, 0.1) is 25.0 Å². The van der Waals surface area contributed by atoms with E-state index in [9.17, 15) is 13.6 Å². The van der Waals surface area contributed by atoms with E-state index < -0.39 is 0 Å². The zero-order valence-corrected chi connectivity index (χ0v) is 12.9. The molecule has 0 fully saturated rings. The number of rotatable bonds is 2. The lowest BCUT2D eigenvalue weighted by Crippen LogP contribution is -2.29. The molecule has 0 bridgehead atoms. The van der Waals surface area contributed by atoms with Crippen LogP contribution in [0.5, 0.6) is 11.5 Å². The smallest absolute Gasteiger partial charge is 0.148 e. The molecule has 2 aromatic rings. The van der Waals surface area contributed by atoms with Crippen LogP contribution in [0.4, 0.5) is 8.78 Å². The Balaban J connectivity index is 1.69. The monoisotopic (exact) mass is 330 g/mol. The summed E-state index contributed by atoms with van der Waals surface area (Å²) in [7, 11) is 0. The summed E-state index contributed by atoms with van der Waals surface area (Å²) in [5.74, 6) is -0.507. The SMILES string of the molecule is O=C(C1CCOc2cc(F)ccc21)C1CCOc2cc(F)ccc21. The average molecular weight is 330 g/mol. The maximum absolute atomic E-state index is 13.4. The summed E-state index contributed by atoms with van der Waals surface area (Å²) in [5, 5.41) is 0. The molecular formula is C19H16F2O3. The number of carbonyl (C=O) groups is 1. The van der Waals surface area contributed by atoms with Crippen molar-refractivity contribution in [1.82, 2.24) is 0 Å². The first-order valence-electron chi connectivity index (χ1n) is 8.01. The van der Waals surface area contributed by atoms with E-state index in [1.807, 2.05) is 0 Å². The first-order valence-corrected chi connectivity index (χ1v) is 8.01. The predicted molar refractivity (Wildman–Crippen MR) is 83.5 cm³/mol. The summed E-state index contributed by atoms with van der Waals surface area (Å²) in [6, 6.07) is 8.58. The topological polar surface area (TPSA) is 35.5 Å². The maximum atomic E-state index is 13.4. The Morgan fingerprint density at radius 2 is 1.29 bits per heavy atom. The molecule has 0 radical (unpaired) electrons. The highest BCUT2D eigenvalue weighted by molar-refractivity contribution is 5.93. The van der Waals surface area contributed by atoms with Gasteiger partial charge in [-0.05, 0) is 25.0 Å². The molecule has 2 heterocycles. The van der Waals surface area contributed by atoms with Crippen molar-refractivity contribution in [1.29, 1.82) is 0 Å². The molecule has 124 valence electrons. The fraction of sp³-hybridized carbons (Fsp3) is 0.316. The molecule has 2 aliphatic rings. The molecule has 0 aliphatic carbocycles. The number of hydrogen-bond acceptors (Lipinski definition) is 3. The molecule has 0 amide bonds. The number of benzene rings is 2. The molecule has 24 heavy (non-hydrogen) atoms. The van der Waals surface area contributed by atoms with Gasteiger partial charge in [-0.25, -0.2) is 8.78 Å². The average Bonchev–Trinajstić information content (AvgIpc) is 2.59. The first-order chi connectivity index (χ1) is 11.6. The Morgan fingerprint density at radius 1 is 0.833 bits per heavy atom. The van der Waals surface area contributed by atoms with Gasteiger partial charge in [-0.3, -0.25) is 4.79 Å². The van der Waals surface area contributed by atoms with E-state index in [1.54, 1.807) is 12.1 Å². The van der Waals surface area contributed by atoms with E-state index in [0.29, 0.717) is 37.6 Å². The first kappa shape index (κ1) is 15.1. The minimum absolute atomic E-state index is 0.0577.